The van der Waals surface area contributed by atoms with Crippen molar-refractivity contribution in [3.8, 4) is 0 Å². The lowest BCUT2D eigenvalue weighted by molar-refractivity contribution is -0.117. The SMILES string of the molecule is COC(=O)c1cc(Br)cnc1N1CC(S(N)(=O)=O)CC1=O. The number of hydrogen-bond donors (Lipinski definition) is 1. The molecular formula is C11H12BrN3O5S. The molecule has 1 atom stereocenters. The molecule has 2 N–H and O–H groups in total. The number of sulfonamides is 1. The van der Waals surface area contributed by atoms with E-state index in [-0.39, 0.29) is 24.3 Å². The second-order valence-corrected chi connectivity index (χ2v) is 7.20. The van der Waals surface area contributed by atoms with Crippen LogP contribution in [0.1, 0.15) is 16.8 Å². The van der Waals surface area contributed by atoms with Crippen LogP contribution in [-0.4, -0.2) is 44.2 Å². The van der Waals surface area contributed by atoms with Crippen LogP contribution in [0.15, 0.2) is 16.7 Å². The van der Waals surface area contributed by atoms with Gasteiger partial charge in [-0.15, -0.1) is 0 Å². The molecule has 0 saturated carbocycles. The van der Waals surface area contributed by atoms with Gasteiger partial charge in [0.05, 0.1) is 7.11 Å². The first-order valence-electron chi connectivity index (χ1n) is 5.80. The second kappa shape index (κ2) is 5.70. The molecule has 2 rings (SSSR count). The fraction of sp³-hybridized carbons (Fsp3) is 0.364. The van der Waals surface area contributed by atoms with E-state index in [4.69, 9.17) is 5.14 Å². The Kier molecular flexibility index (Phi) is 4.30. The lowest BCUT2D eigenvalue weighted by Gasteiger charge is -2.18. The Bertz CT molecular complexity index is 706. The smallest absolute Gasteiger partial charge is 0.341 e. The van der Waals surface area contributed by atoms with Crippen molar-refractivity contribution in [2.24, 2.45) is 5.14 Å². The highest BCUT2D eigenvalue weighted by Crippen LogP contribution is 2.27. The molecule has 8 nitrogen and oxygen atoms in total. The van der Waals surface area contributed by atoms with Crippen LogP contribution >= 0.6 is 15.9 Å². The highest BCUT2D eigenvalue weighted by Gasteiger charge is 2.39. The van der Waals surface area contributed by atoms with Crippen molar-refractivity contribution in [3.05, 3.63) is 22.3 Å². The molecule has 1 aromatic rings. The molecule has 1 saturated heterocycles. The largest absolute Gasteiger partial charge is 0.465 e. The molecule has 1 fully saturated rings. The molecule has 114 valence electrons. The van der Waals surface area contributed by atoms with Crippen molar-refractivity contribution in [1.82, 2.24) is 4.98 Å². The van der Waals surface area contributed by atoms with Gasteiger partial charge in [0, 0.05) is 23.6 Å². The molecule has 2 heterocycles. The van der Waals surface area contributed by atoms with E-state index in [1.165, 1.54) is 19.4 Å². The van der Waals surface area contributed by atoms with E-state index in [9.17, 15) is 18.0 Å². The van der Waals surface area contributed by atoms with Crippen molar-refractivity contribution in [2.45, 2.75) is 11.7 Å². The Morgan fingerprint density at radius 2 is 2.24 bits per heavy atom. The summed E-state index contributed by atoms with van der Waals surface area (Å²) in [5.41, 5.74) is 0.0651. The van der Waals surface area contributed by atoms with Crippen LogP contribution in [0.3, 0.4) is 0 Å². The third kappa shape index (κ3) is 3.22. The summed E-state index contributed by atoms with van der Waals surface area (Å²) in [6.07, 6.45) is 1.16. The monoisotopic (exact) mass is 377 g/mol. The van der Waals surface area contributed by atoms with Gasteiger partial charge in [-0.2, -0.15) is 0 Å². The van der Waals surface area contributed by atoms with Crippen LogP contribution in [0.4, 0.5) is 5.82 Å². The lowest BCUT2D eigenvalue weighted by atomic mass is 10.2. The van der Waals surface area contributed by atoms with Crippen molar-refractivity contribution in [2.75, 3.05) is 18.6 Å². The van der Waals surface area contributed by atoms with Gasteiger partial charge in [0.2, 0.25) is 15.9 Å². The van der Waals surface area contributed by atoms with Crippen molar-refractivity contribution in [3.63, 3.8) is 0 Å². The maximum atomic E-state index is 12.0. The van der Waals surface area contributed by atoms with Gasteiger partial charge in [0.25, 0.3) is 0 Å². The summed E-state index contributed by atoms with van der Waals surface area (Å²) in [6, 6.07) is 1.45. The minimum Gasteiger partial charge on any atom is -0.465 e. The van der Waals surface area contributed by atoms with Crippen LogP contribution in [-0.2, 0) is 19.6 Å². The summed E-state index contributed by atoms with van der Waals surface area (Å²) >= 11 is 3.17. The molecule has 21 heavy (non-hydrogen) atoms. The fourth-order valence-corrected chi connectivity index (χ4v) is 3.07. The highest BCUT2D eigenvalue weighted by atomic mass is 79.9. The Labute approximate surface area is 129 Å². The Balaban J connectivity index is 2.43. The number of carbonyl (C=O) groups is 2. The van der Waals surface area contributed by atoms with Crippen LogP contribution in [0.2, 0.25) is 0 Å². The molecule has 0 spiro atoms. The third-order valence-electron chi connectivity index (χ3n) is 3.05. The van der Waals surface area contributed by atoms with Gasteiger partial charge in [-0.25, -0.2) is 23.3 Å². The average Bonchev–Trinajstić information content (AvgIpc) is 2.80. The van der Waals surface area contributed by atoms with Gasteiger partial charge in [0.1, 0.15) is 16.6 Å². The molecule has 1 unspecified atom stereocenters. The number of nitrogens with zero attached hydrogens (tertiary/aromatic N) is 2. The number of esters is 1. The normalized spacial score (nSPS) is 18.9. The van der Waals surface area contributed by atoms with Gasteiger partial charge in [-0.3, -0.25) is 9.69 Å². The zero-order chi connectivity index (χ0) is 15.8. The molecule has 0 radical (unpaired) electrons. The first kappa shape index (κ1) is 15.9. The Hall–Kier alpha value is -1.52. The van der Waals surface area contributed by atoms with Crippen molar-refractivity contribution in [1.29, 1.82) is 0 Å². The van der Waals surface area contributed by atoms with Gasteiger partial charge in [-0.05, 0) is 22.0 Å². The number of aromatic nitrogens is 1. The molecule has 1 aliphatic rings. The summed E-state index contributed by atoms with van der Waals surface area (Å²) < 4.78 is 27.9. The summed E-state index contributed by atoms with van der Waals surface area (Å²) in [6.45, 7) is -0.143. The second-order valence-electron chi connectivity index (χ2n) is 4.44. The number of methoxy groups -OCH3 is 1. The first-order chi connectivity index (χ1) is 9.74. The van der Waals surface area contributed by atoms with E-state index in [2.05, 4.69) is 25.7 Å². The lowest BCUT2D eigenvalue weighted by Crippen LogP contribution is -2.33. The number of ether oxygens (including phenoxy) is 1. The molecule has 0 aromatic carbocycles. The van der Waals surface area contributed by atoms with E-state index >= 15 is 0 Å². The topological polar surface area (TPSA) is 120 Å². The fourth-order valence-electron chi connectivity index (χ4n) is 2.01. The third-order valence-corrected chi connectivity index (χ3v) is 4.73. The van der Waals surface area contributed by atoms with Crippen LogP contribution in [0, 0.1) is 0 Å². The van der Waals surface area contributed by atoms with Gasteiger partial charge < -0.3 is 4.74 Å². The Morgan fingerprint density at radius 3 is 2.76 bits per heavy atom. The van der Waals surface area contributed by atoms with Gasteiger partial charge >= 0.3 is 5.97 Å². The molecular weight excluding hydrogens is 366 g/mol. The number of amides is 1. The minimum atomic E-state index is -3.84. The summed E-state index contributed by atoms with van der Waals surface area (Å²) in [4.78, 5) is 28.9. The first-order valence-corrected chi connectivity index (χ1v) is 8.20. The average molecular weight is 378 g/mol. The number of primary sulfonamides is 1. The summed E-state index contributed by atoms with van der Waals surface area (Å²) in [5, 5.41) is 4.05. The van der Waals surface area contributed by atoms with Gasteiger partial charge in [-0.1, -0.05) is 0 Å². The number of halogens is 1. The molecule has 1 aliphatic heterocycles. The van der Waals surface area contributed by atoms with Crippen LogP contribution in [0.5, 0.6) is 0 Å². The number of carbonyl (C=O) groups excluding carboxylic acids is 2. The van der Waals surface area contributed by atoms with E-state index < -0.39 is 27.1 Å². The predicted octanol–water partition coefficient (Wildman–Crippen LogP) is 0.0245. The molecule has 0 aliphatic carbocycles. The number of rotatable bonds is 3. The Morgan fingerprint density at radius 1 is 1.57 bits per heavy atom. The molecule has 1 amide bonds. The number of hydrogen-bond acceptors (Lipinski definition) is 6. The number of pyridine rings is 1. The van der Waals surface area contributed by atoms with Crippen molar-refractivity contribution < 1.29 is 22.7 Å². The van der Waals surface area contributed by atoms with Crippen molar-refractivity contribution >= 4 is 43.6 Å². The highest BCUT2D eigenvalue weighted by molar-refractivity contribution is 9.10. The maximum Gasteiger partial charge on any atom is 0.341 e. The maximum absolute atomic E-state index is 12.0. The zero-order valence-electron chi connectivity index (χ0n) is 10.9. The molecule has 10 heteroatoms. The van der Waals surface area contributed by atoms with E-state index in [1.807, 2.05) is 0 Å². The van der Waals surface area contributed by atoms with E-state index in [0.717, 1.165) is 4.90 Å². The summed E-state index contributed by atoms with van der Waals surface area (Å²) in [5.74, 6) is -1.08. The zero-order valence-corrected chi connectivity index (χ0v) is 13.3. The van der Waals surface area contributed by atoms with E-state index in [1.54, 1.807) is 0 Å². The summed E-state index contributed by atoms with van der Waals surface area (Å²) in [7, 11) is -2.64. The standard InChI is InChI=1S/C11H12BrN3O5S/c1-20-11(17)8-2-6(12)4-14-10(8)15-5-7(3-9(15)16)21(13,18)19/h2,4,7H,3,5H2,1H3,(H2,13,18,19). The minimum absolute atomic E-state index is 0.0567. The molecule has 1 aromatic heterocycles. The number of nitrogens with two attached hydrogens (primary N) is 1. The van der Waals surface area contributed by atoms with Crippen LogP contribution in [0.25, 0.3) is 0 Å². The quantitative estimate of drug-likeness (QED) is 0.741. The number of anilines is 1. The predicted molar refractivity (Wildman–Crippen MR) is 77.1 cm³/mol. The molecule has 0 bridgehead atoms. The van der Waals surface area contributed by atoms with Gasteiger partial charge in [0.15, 0.2) is 0 Å². The van der Waals surface area contributed by atoms with E-state index in [0.29, 0.717) is 4.47 Å². The van der Waals surface area contributed by atoms with Crippen LogP contribution < -0.4 is 10.0 Å².